The van der Waals surface area contributed by atoms with Gasteiger partial charge in [0.05, 0.1) is 17.6 Å². The second-order valence-corrected chi connectivity index (χ2v) is 9.38. The number of carbonyl (C=O) groups is 1. The van der Waals surface area contributed by atoms with Gasteiger partial charge in [-0.3, -0.25) is 4.79 Å². The van der Waals surface area contributed by atoms with Crippen LogP contribution >= 0.6 is 0 Å². The summed E-state index contributed by atoms with van der Waals surface area (Å²) in [6, 6.07) is 20.7. The van der Waals surface area contributed by atoms with Crippen LogP contribution in [-0.4, -0.2) is 33.5 Å². The summed E-state index contributed by atoms with van der Waals surface area (Å²) >= 11 is 0. The van der Waals surface area contributed by atoms with Gasteiger partial charge in [0.15, 0.2) is 0 Å². The Morgan fingerprint density at radius 1 is 1.06 bits per heavy atom. The van der Waals surface area contributed by atoms with Crippen molar-refractivity contribution >= 4 is 16.9 Å². The van der Waals surface area contributed by atoms with Gasteiger partial charge >= 0.3 is 0 Å². The van der Waals surface area contributed by atoms with Gasteiger partial charge in [0.1, 0.15) is 17.4 Å². The van der Waals surface area contributed by atoms with Gasteiger partial charge in [0, 0.05) is 32.0 Å². The zero-order chi connectivity index (χ0) is 24.4. The Kier molecular flexibility index (Phi) is 6.53. The number of nitrogens with zero attached hydrogens (tertiary/aromatic N) is 3. The minimum Gasteiger partial charge on any atom is -0.493 e. The SMILES string of the molecule is Cc1ccc(OCCCn2c(C3CC(=O)N(Cc4ccc(F)cc4)C3)nc3ccccc32)c(C)c1. The Labute approximate surface area is 205 Å². The summed E-state index contributed by atoms with van der Waals surface area (Å²) in [5.74, 6) is 1.73. The number of hydrogen-bond donors (Lipinski definition) is 0. The number of rotatable bonds is 8. The van der Waals surface area contributed by atoms with Gasteiger partial charge in [-0.15, -0.1) is 0 Å². The molecule has 1 aliphatic heterocycles. The Morgan fingerprint density at radius 3 is 2.66 bits per heavy atom. The fourth-order valence-electron chi connectivity index (χ4n) is 4.92. The molecule has 1 unspecified atom stereocenters. The third kappa shape index (κ3) is 5.06. The minimum atomic E-state index is -0.269. The molecule has 0 saturated carbocycles. The minimum absolute atomic E-state index is 0.0237. The van der Waals surface area contributed by atoms with Crippen LogP contribution in [0.4, 0.5) is 4.39 Å². The molecule has 1 atom stereocenters. The van der Waals surface area contributed by atoms with Crippen LogP contribution in [0.25, 0.3) is 11.0 Å². The van der Waals surface area contributed by atoms with Crippen molar-refractivity contribution in [2.75, 3.05) is 13.2 Å². The van der Waals surface area contributed by atoms with Gasteiger partial charge in [0.2, 0.25) is 5.91 Å². The second-order valence-electron chi connectivity index (χ2n) is 9.38. The van der Waals surface area contributed by atoms with Crippen LogP contribution in [0.2, 0.25) is 0 Å². The average molecular weight is 472 g/mol. The van der Waals surface area contributed by atoms with E-state index < -0.39 is 0 Å². The lowest BCUT2D eigenvalue weighted by molar-refractivity contribution is -0.128. The van der Waals surface area contributed by atoms with E-state index in [0.29, 0.717) is 26.1 Å². The lowest BCUT2D eigenvalue weighted by atomic mass is 10.1. The first kappa shape index (κ1) is 23.1. The third-order valence-corrected chi connectivity index (χ3v) is 6.66. The number of carbonyl (C=O) groups excluding carboxylic acids is 1. The number of hydrogen-bond acceptors (Lipinski definition) is 3. The molecular weight excluding hydrogens is 441 g/mol. The first-order valence-electron chi connectivity index (χ1n) is 12.2. The first-order valence-corrected chi connectivity index (χ1v) is 12.2. The topological polar surface area (TPSA) is 47.4 Å². The molecule has 1 amide bonds. The number of para-hydroxylation sites is 2. The van der Waals surface area contributed by atoms with Gasteiger partial charge in [-0.25, -0.2) is 9.37 Å². The quantitative estimate of drug-likeness (QED) is 0.306. The summed E-state index contributed by atoms with van der Waals surface area (Å²) < 4.78 is 21.6. The Balaban J connectivity index is 1.30. The van der Waals surface area contributed by atoms with Crippen molar-refractivity contribution in [2.45, 2.75) is 45.7 Å². The number of imidazole rings is 1. The molecule has 1 aliphatic rings. The number of ether oxygens (including phenoxy) is 1. The molecule has 4 aromatic rings. The van der Waals surface area contributed by atoms with Crippen molar-refractivity contribution in [1.29, 1.82) is 0 Å². The first-order chi connectivity index (χ1) is 17.0. The number of amides is 1. The van der Waals surface area contributed by atoms with E-state index in [9.17, 15) is 9.18 Å². The molecule has 5 nitrogen and oxygen atoms in total. The van der Waals surface area contributed by atoms with Crippen LogP contribution in [0, 0.1) is 19.7 Å². The molecule has 1 saturated heterocycles. The highest BCUT2D eigenvalue weighted by Crippen LogP contribution is 2.31. The molecule has 0 aliphatic carbocycles. The van der Waals surface area contributed by atoms with Crippen LogP contribution in [0.5, 0.6) is 5.75 Å². The fourth-order valence-corrected chi connectivity index (χ4v) is 4.92. The van der Waals surface area contributed by atoms with Gasteiger partial charge in [-0.1, -0.05) is 42.0 Å². The molecule has 2 heterocycles. The Morgan fingerprint density at radius 2 is 1.86 bits per heavy atom. The van der Waals surface area contributed by atoms with Crippen molar-refractivity contribution < 1.29 is 13.9 Å². The summed E-state index contributed by atoms with van der Waals surface area (Å²) in [7, 11) is 0. The summed E-state index contributed by atoms with van der Waals surface area (Å²) in [6.45, 7) is 6.62. The maximum Gasteiger partial charge on any atom is 0.223 e. The van der Waals surface area contributed by atoms with E-state index in [0.717, 1.165) is 46.7 Å². The van der Waals surface area contributed by atoms with Crippen LogP contribution in [-0.2, 0) is 17.9 Å². The van der Waals surface area contributed by atoms with Crippen molar-refractivity contribution in [2.24, 2.45) is 0 Å². The predicted octanol–water partition coefficient (Wildman–Crippen LogP) is 5.78. The van der Waals surface area contributed by atoms with E-state index >= 15 is 0 Å². The lowest BCUT2D eigenvalue weighted by Crippen LogP contribution is -2.24. The second kappa shape index (κ2) is 9.90. The highest BCUT2D eigenvalue weighted by atomic mass is 19.1. The van der Waals surface area contributed by atoms with Crippen LogP contribution in [0.15, 0.2) is 66.7 Å². The highest BCUT2D eigenvalue weighted by Gasteiger charge is 2.34. The number of likely N-dealkylation sites (tertiary alicyclic amines) is 1. The summed E-state index contributed by atoms with van der Waals surface area (Å²) in [6.07, 6.45) is 1.27. The molecule has 0 spiro atoms. The van der Waals surface area contributed by atoms with Crippen LogP contribution in [0.3, 0.4) is 0 Å². The van der Waals surface area contributed by atoms with E-state index in [-0.39, 0.29) is 17.6 Å². The third-order valence-electron chi connectivity index (χ3n) is 6.66. The van der Waals surface area contributed by atoms with E-state index in [1.54, 1.807) is 12.1 Å². The molecule has 3 aromatic carbocycles. The zero-order valence-electron chi connectivity index (χ0n) is 20.2. The van der Waals surface area contributed by atoms with Crippen molar-refractivity contribution in [3.8, 4) is 5.75 Å². The number of aromatic nitrogens is 2. The molecule has 6 heteroatoms. The Hall–Kier alpha value is -3.67. The maximum atomic E-state index is 13.3. The van der Waals surface area contributed by atoms with Crippen LogP contribution < -0.4 is 4.74 Å². The van der Waals surface area contributed by atoms with Gasteiger partial charge < -0.3 is 14.2 Å². The van der Waals surface area contributed by atoms with Crippen LogP contribution in [0.1, 0.15) is 41.3 Å². The summed E-state index contributed by atoms with van der Waals surface area (Å²) in [4.78, 5) is 19.6. The van der Waals surface area contributed by atoms with Gasteiger partial charge in [0.25, 0.3) is 0 Å². The molecule has 1 aromatic heterocycles. The standard InChI is InChI=1S/C29H30FN3O2/c1-20-8-13-27(21(2)16-20)35-15-5-14-33-26-7-4-3-6-25(26)31-29(33)23-17-28(34)32(19-23)18-22-9-11-24(30)12-10-22/h3-4,6-13,16,23H,5,14-15,17-19H2,1-2H3. The molecule has 0 bridgehead atoms. The van der Waals surface area contributed by atoms with E-state index in [1.165, 1.54) is 17.7 Å². The largest absolute Gasteiger partial charge is 0.493 e. The number of benzene rings is 3. The van der Waals surface area contributed by atoms with E-state index in [4.69, 9.17) is 9.72 Å². The zero-order valence-corrected chi connectivity index (χ0v) is 20.2. The van der Waals surface area contributed by atoms with Crippen molar-refractivity contribution in [3.05, 3.63) is 95.1 Å². The molecule has 0 radical (unpaired) electrons. The maximum absolute atomic E-state index is 13.3. The Bertz CT molecular complexity index is 1350. The molecule has 0 N–H and O–H groups in total. The highest BCUT2D eigenvalue weighted by molar-refractivity contribution is 5.81. The van der Waals surface area contributed by atoms with Crippen molar-refractivity contribution in [3.63, 3.8) is 0 Å². The molecule has 35 heavy (non-hydrogen) atoms. The number of fused-ring (bicyclic) bond motifs is 1. The molecule has 1 fully saturated rings. The summed E-state index contributed by atoms with van der Waals surface area (Å²) in [5, 5.41) is 0. The average Bonchev–Trinajstić information content (AvgIpc) is 3.39. The fraction of sp³-hybridized carbons (Fsp3) is 0.310. The van der Waals surface area contributed by atoms with Gasteiger partial charge in [-0.05, 0) is 61.7 Å². The predicted molar refractivity (Wildman–Crippen MR) is 135 cm³/mol. The molecule has 180 valence electrons. The lowest BCUT2D eigenvalue weighted by Gasteiger charge is -2.17. The molecule has 5 rings (SSSR count). The van der Waals surface area contributed by atoms with E-state index in [2.05, 4.69) is 36.6 Å². The van der Waals surface area contributed by atoms with Gasteiger partial charge in [-0.2, -0.15) is 0 Å². The van der Waals surface area contributed by atoms with Crippen molar-refractivity contribution in [1.82, 2.24) is 14.5 Å². The monoisotopic (exact) mass is 471 g/mol. The smallest absolute Gasteiger partial charge is 0.223 e. The summed E-state index contributed by atoms with van der Waals surface area (Å²) in [5.41, 5.74) is 5.33. The molecular formula is C29H30FN3O2. The number of halogens is 1. The van der Waals surface area contributed by atoms with E-state index in [1.807, 2.05) is 29.2 Å². The normalized spacial score (nSPS) is 15.8. The number of aryl methyl sites for hydroxylation is 3.